The fourth-order valence-corrected chi connectivity index (χ4v) is 8.22. The van der Waals surface area contributed by atoms with Gasteiger partial charge in [-0.1, -0.05) is 25.9 Å². The summed E-state index contributed by atoms with van der Waals surface area (Å²) in [6.45, 7) is 8.78. The number of carbonyl (C=O) groups excluding carboxylic acids is 1. The lowest BCUT2D eigenvalue weighted by atomic mass is 9.41. The molecule has 0 spiro atoms. The van der Waals surface area contributed by atoms with Crippen molar-refractivity contribution < 1.29 is 14.7 Å². The van der Waals surface area contributed by atoms with E-state index in [9.17, 15) is 9.90 Å². The summed E-state index contributed by atoms with van der Waals surface area (Å²) in [6, 6.07) is 0. The van der Waals surface area contributed by atoms with Gasteiger partial charge in [0, 0.05) is 36.6 Å². The highest BCUT2D eigenvalue weighted by Gasteiger charge is 2.66. The number of fused-ring (bicyclic) bond motifs is 5. The highest BCUT2D eigenvalue weighted by atomic mass is 16.6. The third kappa shape index (κ3) is 2.86. The van der Waals surface area contributed by atoms with Gasteiger partial charge >= 0.3 is 0 Å². The largest absolute Gasteiger partial charge is 0.391 e. The minimum Gasteiger partial charge on any atom is -0.391 e. The van der Waals surface area contributed by atoms with Crippen LogP contribution in [0.25, 0.3) is 0 Å². The summed E-state index contributed by atoms with van der Waals surface area (Å²) in [6.07, 6.45) is 8.51. The Hall–Kier alpha value is -0.940. The van der Waals surface area contributed by atoms with Crippen molar-refractivity contribution >= 4 is 11.5 Å². The quantitative estimate of drug-likeness (QED) is 0.691. The Kier molecular flexibility index (Phi) is 4.67. The highest BCUT2D eigenvalue weighted by Crippen LogP contribution is 2.67. The molecule has 1 heterocycles. The first-order valence-electron chi connectivity index (χ1n) is 11.9. The number of hydrogen-bond donors (Lipinski definition) is 2. The van der Waals surface area contributed by atoms with Gasteiger partial charge in [0.2, 0.25) is 0 Å². The van der Waals surface area contributed by atoms with Crippen molar-refractivity contribution in [2.75, 3.05) is 13.1 Å². The molecule has 5 nitrogen and oxygen atoms in total. The maximum Gasteiger partial charge on any atom is 0.141 e. The lowest BCUT2D eigenvalue weighted by Crippen LogP contribution is -2.64. The van der Waals surface area contributed by atoms with Crippen molar-refractivity contribution in [3.05, 3.63) is 0 Å². The van der Waals surface area contributed by atoms with E-state index in [0.717, 1.165) is 70.2 Å². The van der Waals surface area contributed by atoms with Crippen LogP contribution in [0.15, 0.2) is 5.16 Å². The number of Topliss-reactive ketones (excluding diaryl/α,β-unsaturated/α-hetero) is 1. The van der Waals surface area contributed by atoms with Gasteiger partial charge in [0.05, 0.1) is 11.3 Å². The van der Waals surface area contributed by atoms with Gasteiger partial charge in [0.15, 0.2) is 0 Å². The molecule has 1 saturated heterocycles. The number of aliphatic hydroxyl groups is 1. The normalized spacial score (nSPS) is 53.4. The van der Waals surface area contributed by atoms with Crippen molar-refractivity contribution in [1.29, 1.82) is 0 Å². The van der Waals surface area contributed by atoms with Crippen LogP contribution in [0.4, 0.5) is 0 Å². The van der Waals surface area contributed by atoms with Crippen LogP contribution in [0.2, 0.25) is 0 Å². The lowest BCUT2D eigenvalue weighted by Gasteiger charge is -2.64. The number of oxime groups is 1. The standard InChI is InChI=1S/C24H38N2O3/c1-15-12-24(28)13-16(26-29-17-8-11-25-14-17)6-10-23(24,3)19-7-9-22(2)18(21(15)19)4-5-20(22)27/h15,17-19,21,25,28H,4-14H2,1-3H3/b26-16+/t15-,17?,18+,19+,21+,22+,23-,24-/m1/s1. The Balaban J connectivity index is 1.39. The van der Waals surface area contributed by atoms with Crippen molar-refractivity contribution in [2.45, 2.75) is 90.3 Å². The van der Waals surface area contributed by atoms with Gasteiger partial charge < -0.3 is 15.3 Å². The molecule has 5 aliphatic rings. The number of nitrogens with one attached hydrogen (secondary N) is 1. The van der Waals surface area contributed by atoms with E-state index in [0.29, 0.717) is 35.9 Å². The second kappa shape index (κ2) is 6.78. The first-order valence-corrected chi connectivity index (χ1v) is 11.9. The molecular formula is C24H38N2O3. The average molecular weight is 403 g/mol. The first kappa shape index (κ1) is 20.0. The van der Waals surface area contributed by atoms with Crippen molar-refractivity contribution in [3.8, 4) is 0 Å². The van der Waals surface area contributed by atoms with E-state index >= 15 is 0 Å². The lowest BCUT2D eigenvalue weighted by molar-refractivity contribution is -0.206. The van der Waals surface area contributed by atoms with Gasteiger partial charge in [-0.25, -0.2) is 0 Å². The molecule has 0 aromatic heterocycles. The zero-order valence-corrected chi connectivity index (χ0v) is 18.4. The molecule has 0 radical (unpaired) electrons. The Morgan fingerprint density at radius 1 is 1.14 bits per heavy atom. The maximum absolute atomic E-state index is 12.7. The molecule has 8 atom stereocenters. The van der Waals surface area contributed by atoms with E-state index in [1.807, 2.05) is 0 Å². The number of nitrogens with zero attached hydrogens (tertiary/aromatic N) is 1. The van der Waals surface area contributed by atoms with E-state index in [-0.39, 0.29) is 16.9 Å². The summed E-state index contributed by atoms with van der Waals surface area (Å²) in [5.41, 5.74) is 0.161. The summed E-state index contributed by atoms with van der Waals surface area (Å²) in [4.78, 5) is 18.5. The molecule has 1 aliphatic heterocycles. The van der Waals surface area contributed by atoms with Crippen LogP contribution in [0.3, 0.4) is 0 Å². The molecule has 0 amide bonds. The zero-order valence-electron chi connectivity index (χ0n) is 18.4. The molecule has 5 rings (SSSR count). The summed E-state index contributed by atoms with van der Waals surface area (Å²) in [5.74, 6) is 2.55. The molecule has 0 aromatic rings. The molecule has 2 N–H and O–H groups in total. The van der Waals surface area contributed by atoms with Gasteiger partial charge in [0.25, 0.3) is 0 Å². The van der Waals surface area contributed by atoms with Crippen LogP contribution in [0.1, 0.15) is 78.6 Å². The molecule has 4 aliphatic carbocycles. The number of carbonyl (C=O) groups is 1. The van der Waals surface area contributed by atoms with E-state index in [1.54, 1.807) is 0 Å². The zero-order chi connectivity index (χ0) is 20.4. The molecule has 4 saturated carbocycles. The highest BCUT2D eigenvalue weighted by molar-refractivity contribution is 5.87. The summed E-state index contributed by atoms with van der Waals surface area (Å²) < 4.78 is 0. The number of ketones is 1. The molecule has 1 unspecified atom stereocenters. The minimum absolute atomic E-state index is 0.0783. The second-order valence-electron chi connectivity index (χ2n) is 11.4. The second-order valence-corrected chi connectivity index (χ2v) is 11.4. The van der Waals surface area contributed by atoms with Gasteiger partial charge in [-0.15, -0.1) is 0 Å². The van der Waals surface area contributed by atoms with E-state index in [2.05, 4.69) is 31.2 Å². The molecule has 5 fully saturated rings. The van der Waals surface area contributed by atoms with Gasteiger partial charge in [-0.2, -0.15) is 0 Å². The smallest absolute Gasteiger partial charge is 0.141 e. The van der Waals surface area contributed by atoms with Gasteiger partial charge in [-0.3, -0.25) is 4.79 Å². The predicted molar refractivity (Wildman–Crippen MR) is 113 cm³/mol. The van der Waals surface area contributed by atoms with Crippen LogP contribution in [-0.2, 0) is 9.63 Å². The van der Waals surface area contributed by atoms with Crippen LogP contribution in [0.5, 0.6) is 0 Å². The SMILES string of the molecule is C[C@@H]1C[C@@]2(O)C/C(=N/OC3CCNC3)CC[C@]2(C)[C@H]2CC[C@]3(C)C(=O)CC[C@H]3[C@H]12. The predicted octanol–water partition coefficient (Wildman–Crippen LogP) is 3.69. The molecule has 162 valence electrons. The molecule has 0 aromatic carbocycles. The Bertz CT molecular complexity index is 717. The molecule has 5 heteroatoms. The van der Waals surface area contributed by atoms with Crippen LogP contribution in [0, 0.1) is 34.5 Å². The van der Waals surface area contributed by atoms with E-state index in [4.69, 9.17) is 4.84 Å². The van der Waals surface area contributed by atoms with E-state index < -0.39 is 5.60 Å². The Morgan fingerprint density at radius 3 is 2.72 bits per heavy atom. The summed E-state index contributed by atoms with van der Waals surface area (Å²) in [7, 11) is 0. The average Bonchev–Trinajstić information content (AvgIpc) is 3.30. The topological polar surface area (TPSA) is 70.9 Å². The molecular weight excluding hydrogens is 364 g/mol. The Morgan fingerprint density at radius 2 is 1.97 bits per heavy atom. The van der Waals surface area contributed by atoms with Crippen LogP contribution in [-0.4, -0.2) is 41.4 Å². The first-order chi connectivity index (χ1) is 13.8. The summed E-state index contributed by atoms with van der Waals surface area (Å²) >= 11 is 0. The minimum atomic E-state index is -0.696. The monoisotopic (exact) mass is 402 g/mol. The van der Waals surface area contributed by atoms with Crippen LogP contribution < -0.4 is 5.32 Å². The molecule has 29 heavy (non-hydrogen) atoms. The van der Waals surface area contributed by atoms with Crippen LogP contribution >= 0.6 is 0 Å². The Labute approximate surface area is 175 Å². The maximum atomic E-state index is 12.7. The van der Waals surface area contributed by atoms with Crippen molar-refractivity contribution in [2.24, 2.45) is 39.7 Å². The van der Waals surface area contributed by atoms with E-state index in [1.165, 1.54) is 0 Å². The van der Waals surface area contributed by atoms with Gasteiger partial charge in [-0.05, 0) is 68.7 Å². The fraction of sp³-hybridized carbons (Fsp3) is 0.917. The fourth-order valence-electron chi connectivity index (χ4n) is 8.22. The van der Waals surface area contributed by atoms with Gasteiger partial charge in [0.1, 0.15) is 11.9 Å². The summed E-state index contributed by atoms with van der Waals surface area (Å²) in [5, 5.41) is 19.8. The third-order valence-electron chi connectivity index (χ3n) is 10.0. The number of hydrogen-bond acceptors (Lipinski definition) is 5. The van der Waals surface area contributed by atoms with Crippen molar-refractivity contribution in [3.63, 3.8) is 0 Å². The molecule has 0 bridgehead atoms. The number of rotatable bonds is 2. The third-order valence-corrected chi connectivity index (χ3v) is 10.0. The van der Waals surface area contributed by atoms with Crippen molar-refractivity contribution in [1.82, 2.24) is 5.32 Å².